The third-order valence-electron chi connectivity index (χ3n) is 5.66. The Kier molecular flexibility index (Phi) is 7.40. The van der Waals surface area contributed by atoms with Gasteiger partial charge in [-0.1, -0.05) is 18.2 Å². The fourth-order valence-corrected chi connectivity index (χ4v) is 3.84. The highest BCUT2D eigenvalue weighted by molar-refractivity contribution is 6.04. The molecule has 3 aromatic carbocycles. The third-order valence-corrected chi connectivity index (χ3v) is 5.66. The molecule has 4 rings (SSSR count). The number of methoxy groups -OCH3 is 2. The Morgan fingerprint density at radius 2 is 1.80 bits per heavy atom. The van der Waals surface area contributed by atoms with Crippen LogP contribution in [0.3, 0.4) is 0 Å². The van der Waals surface area contributed by atoms with Crippen LogP contribution in [0.15, 0.2) is 66.7 Å². The second kappa shape index (κ2) is 10.8. The summed E-state index contributed by atoms with van der Waals surface area (Å²) >= 11 is 0. The summed E-state index contributed by atoms with van der Waals surface area (Å²) in [7, 11) is 3.06. The zero-order chi connectivity index (χ0) is 24.8. The van der Waals surface area contributed by atoms with E-state index in [-0.39, 0.29) is 11.8 Å². The van der Waals surface area contributed by atoms with Gasteiger partial charge in [-0.3, -0.25) is 9.59 Å². The fourth-order valence-electron chi connectivity index (χ4n) is 3.84. The molecule has 1 heterocycles. The molecule has 0 bridgehead atoms. The number of rotatable bonds is 8. The summed E-state index contributed by atoms with van der Waals surface area (Å²) in [5, 5.41) is 2.90. The minimum Gasteiger partial charge on any atom is -0.493 e. The summed E-state index contributed by atoms with van der Waals surface area (Å²) in [4.78, 5) is 27.4. The van der Waals surface area contributed by atoms with Crippen LogP contribution < -0.4 is 24.3 Å². The number of amides is 2. The van der Waals surface area contributed by atoms with Crippen molar-refractivity contribution in [2.45, 2.75) is 19.6 Å². The molecule has 0 fully saturated rings. The molecular formula is C27H28N2O6. The second-order valence-corrected chi connectivity index (χ2v) is 8.03. The molecule has 0 spiro atoms. The van der Waals surface area contributed by atoms with Crippen molar-refractivity contribution >= 4 is 17.5 Å². The Morgan fingerprint density at radius 1 is 1.03 bits per heavy atom. The quantitative estimate of drug-likeness (QED) is 0.526. The molecule has 1 aliphatic heterocycles. The zero-order valence-corrected chi connectivity index (χ0v) is 19.9. The molecule has 3 aromatic rings. The Hall–Kier alpha value is -4.20. The van der Waals surface area contributed by atoms with Crippen molar-refractivity contribution in [1.82, 2.24) is 4.90 Å². The monoisotopic (exact) mass is 476 g/mol. The number of benzene rings is 3. The molecule has 1 aliphatic rings. The molecule has 0 radical (unpaired) electrons. The van der Waals surface area contributed by atoms with Crippen LogP contribution in [0.5, 0.6) is 23.0 Å². The number of nitrogens with zero attached hydrogens (tertiary/aromatic N) is 1. The van der Waals surface area contributed by atoms with Gasteiger partial charge in [0.25, 0.3) is 11.8 Å². The molecular weight excluding hydrogens is 448 g/mol. The van der Waals surface area contributed by atoms with Crippen LogP contribution in [-0.4, -0.2) is 50.2 Å². The lowest BCUT2D eigenvalue weighted by molar-refractivity contribution is -0.138. The number of para-hydroxylation sites is 1. The topological polar surface area (TPSA) is 86.3 Å². The van der Waals surface area contributed by atoms with Crippen LogP contribution in [0.2, 0.25) is 0 Å². The number of carbonyl (C=O) groups is 2. The first-order valence-corrected chi connectivity index (χ1v) is 11.3. The normalized spacial score (nSPS) is 14.9. The Morgan fingerprint density at radius 3 is 2.54 bits per heavy atom. The van der Waals surface area contributed by atoms with Crippen molar-refractivity contribution in [1.29, 1.82) is 0 Å². The van der Waals surface area contributed by atoms with Crippen LogP contribution in [0.4, 0.5) is 5.69 Å². The lowest BCUT2D eigenvalue weighted by Gasteiger charge is -2.22. The second-order valence-electron chi connectivity index (χ2n) is 8.03. The van der Waals surface area contributed by atoms with Crippen molar-refractivity contribution in [3.63, 3.8) is 0 Å². The first kappa shape index (κ1) is 23.9. The standard InChI is InChI=1S/C27H28N2O6/c1-18-27(31)29(13-14-34-22-7-5-4-6-8-22)17-20-15-21(10-12-23(20)35-18)28-26(30)19-9-11-24(32-2)25(16-19)33-3/h4-12,15-16,18H,13-14,17H2,1-3H3,(H,28,30). The van der Waals surface area contributed by atoms with Crippen molar-refractivity contribution in [2.24, 2.45) is 0 Å². The summed E-state index contributed by atoms with van der Waals surface area (Å²) in [5.41, 5.74) is 1.82. The van der Waals surface area contributed by atoms with Gasteiger partial charge in [0.05, 0.1) is 20.8 Å². The molecule has 0 aromatic heterocycles. The van der Waals surface area contributed by atoms with E-state index < -0.39 is 6.10 Å². The van der Waals surface area contributed by atoms with Gasteiger partial charge in [0, 0.05) is 23.4 Å². The van der Waals surface area contributed by atoms with Crippen LogP contribution in [0.25, 0.3) is 0 Å². The predicted octanol–water partition coefficient (Wildman–Crippen LogP) is 4.14. The molecule has 0 saturated carbocycles. The number of hydrogen-bond acceptors (Lipinski definition) is 6. The largest absolute Gasteiger partial charge is 0.493 e. The number of anilines is 1. The van der Waals surface area contributed by atoms with Crippen LogP contribution in [0.1, 0.15) is 22.8 Å². The SMILES string of the molecule is COc1ccc(C(=O)Nc2ccc3c(c2)CN(CCOc2ccccc2)C(=O)C(C)O3)cc1OC. The van der Waals surface area contributed by atoms with E-state index in [2.05, 4.69) is 5.32 Å². The van der Waals surface area contributed by atoms with Crippen molar-refractivity contribution in [3.8, 4) is 23.0 Å². The van der Waals surface area contributed by atoms with Crippen LogP contribution in [0, 0.1) is 0 Å². The maximum absolute atomic E-state index is 12.9. The highest BCUT2D eigenvalue weighted by atomic mass is 16.5. The molecule has 8 heteroatoms. The van der Waals surface area contributed by atoms with Gasteiger partial charge >= 0.3 is 0 Å². The lowest BCUT2D eigenvalue weighted by atomic mass is 10.1. The minimum absolute atomic E-state index is 0.117. The zero-order valence-electron chi connectivity index (χ0n) is 19.9. The molecule has 1 unspecified atom stereocenters. The van der Waals surface area contributed by atoms with Gasteiger partial charge in [0.1, 0.15) is 18.1 Å². The lowest BCUT2D eigenvalue weighted by Crippen LogP contribution is -2.40. The average Bonchev–Trinajstić information content (AvgIpc) is 3.00. The van der Waals surface area contributed by atoms with Crippen LogP contribution in [-0.2, 0) is 11.3 Å². The van der Waals surface area contributed by atoms with Crippen molar-refractivity contribution in [3.05, 3.63) is 77.9 Å². The number of ether oxygens (including phenoxy) is 4. The number of nitrogens with one attached hydrogen (secondary N) is 1. The van der Waals surface area contributed by atoms with Gasteiger partial charge < -0.3 is 29.2 Å². The van der Waals surface area contributed by atoms with E-state index in [1.807, 2.05) is 36.4 Å². The van der Waals surface area contributed by atoms with E-state index in [1.54, 1.807) is 42.2 Å². The summed E-state index contributed by atoms with van der Waals surface area (Å²) in [6.07, 6.45) is -0.625. The highest BCUT2D eigenvalue weighted by Crippen LogP contribution is 2.30. The molecule has 35 heavy (non-hydrogen) atoms. The van der Waals surface area contributed by atoms with Gasteiger partial charge in [-0.15, -0.1) is 0 Å². The Labute approximate surface area is 204 Å². The number of hydrogen-bond donors (Lipinski definition) is 1. The van der Waals surface area contributed by atoms with Gasteiger partial charge in [-0.05, 0) is 55.5 Å². The first-order chi connectivity index (χ1) is 17.0. The van der Waals surface area contributed by atoms with E-state index in [4.69, 9.17) is 18.9 Å². The maximum Gasteiger partial charge on any atom is 0.263 e. The molecule has 1 atom stereocenters. The van der Waals surface area contributed by atoms with Gasteiger partial charge in [0.15, 0.2) is 17.6 Å². The minimum atomic E-state index is -0.625. The van der Waals surface area contributed by atoms with Gasteiger partial charge in [-0.25, -0.2) is 0 Å². The van der Waals surface area contributed by atoms with E-state index in [1.165, 1.54) is 14.2 Å². The smallest absolute Gasteiger partial charge is 0.263 e. The molecule has 0 aliphatic carbocycles. The molecule has 8 nitrogen and oxygen atoms in total. The summed E-state index contributed by atoms with van der Waals surface area (Å²) < 4.78 is 22.2. The molecule has 182 valence electrons. The molecule has 1 N–H and O–H groups in total. The van der Waals surface area contributed by atoms with E-state index >= 15 is 0 Å². The Bertz CT molecular complexity index is 1200. The molecule has 2 amide bonds. The third kappa shape index (κ3) is 5.66. The predicted molar refractivity (Wildman–Crippen MR) is 131 cm³/mol. The summed E-state index contributed by atoms with van der Waals surface area (Å²) in [5.74, 6) is 1.96. The maximum atomic E-state index is 12.9. The highest BCUT2D eigenvalue weighted by Gasteiger charge is 2.28. The molecule has 0 saturated heterocycles. The van der Waals surface area contributed by atoms with E-state index in [0.29, 0.717) is 48.2 Å². The summed E-state index contributed by atoms with van der Waals surface area (Å²) in [6.45, 7) is 2.84. The van der Waals surface area contributed by atoms with Crippen molar-refractivity contribution < 1.29 is 28.5 Å². The Balaban J connectivity index is 1.47. The van der Waals surface area contributed by atoms with Crippen molar-refractivity contribution in [2.75, 3.05) is 32.7 Å². The first-order valence-electron chi connectivity index (χ1n) is 11.3. The number of fused-ring (bicyclic) bond motifs is 1. The van der Waals surface area contributed by atoms with Crippen LogP contribution >= 0.6 is 0 Å². The number of carbonyl (C=O) groups excluding carboxylic acids is 2. The summed E-state index contributed by atoms with van der Waals surface area (Å²) in [6, 6.07) is 19.8. The van der Waals surface area contributed by atoms with Gasteiger partial charge in [0.2, 0.25) is 0 Å². The van der Waals surface area contributed by atoms with Gasteiger partial charge in [-0.2, -0.15) is 0 Å². The van der Waals surface area contributed by atoms with E-state index in [0.717, 1.165) is 11.3 Å². The average molecular weight is 477 g/mol. The van der Waals surface area contributed by atoms with E-state index in [9.17, 15) is 9.59 Å². The fraction of sp³-hybridized carbons (Fsp3) is 0.259.